The van der Waals surface area contributed by atoms with E-state index in [0.717, 1.165) is 81.0 Å². The van der Waals surface area contributed by atoms with Crippen molar-refractivity contribution in [1.29, 1.82) is 0 Å². The number of hydrogen-bond donors (Lipinski definition) is 2. The molecule has 3 amide bonds. The SMILES string of the molecule is O=C(Nc1ccccc1F)c1cc2c(o1)-c1ccccc1N(C(=O)c1ccc(NC(=O)c3cc4c(nc3N3CC5(CCOCC5)C3)CCC4)cc1)CC2. The van der Waals surface area contributed by atoms with Crippen LogP contribution in [-0.4, -0.2) is 55.6 Å². The van der Waals surface area contributed by atoms with E-state index in [0.29, 0.717) is 46.8 Å². The molecule has 9 rings (SSSR count). The number of hydrogen-bond acceptors (Lipinski definition) is 7. The molecule has 0 bridgehead atoms. The quantitative estimate of drug-likeness (QED) is 0.190. The number of para-hydroxylation sites is 2. The van der Waals surface area contributed by atoms with Gasteiger partial charge in [-0.05, 0) is 105 Å². The molecule has 53 heavy (non-hydrogen) atoms. The third kappa shape index (κ3) is 6.14. The van der Waals surface area contributed by atoms with Gasteiger partial charge >= 0.3 is 0 Å². The maximum absolute atomic E-state index is 14.2. The second-order valence-electron chi connectivity index (χ2n) is 14.4. The van der Waals surface area contributed by atoms with Gasteiger partial charge in [-0.15, -0.1) is 0 Å². The molecule has 5 heterocycles. The normalized spacial score (nSPS) is 16.9. The smallest absolute Gasteiger partial charge is 0.291 e. The molecule has 5 aromatic rings. The summed E-state index contributed by atoms with van der Waals surface area (Å²) < 4.78 is 25.9. The van der Waals surface area contributed by atoms with Crippen LogP contribution in [-0.2, 0) is 24.0 Å². The van der Waals surface area contributed by atoms with Crippen molar-refractivity contribution in [2.45, 2.75) is 38.5 Å². The topological polar surface area (TPSA) is 117 Å². The molecule has 268 valence electrons. The molecule has 0 saturated carbocycles. The molecule has 0 radical (unpaired) electrons. The first-order valence-electron chi connectivity index (χ1n) is 18.2. The predicted molar refractivity (Wildman–Crippen MR) is 199 cm³/mol. The van der Waals surface area contributed by atoms with E-state index in [-0.39, 0.29) is 28.7 Å². The van der Waals surface area contributed by atoms with Gasteiger partial charge in [0.25, 0.3) is 17.7 Å². The highest BCUT2D eigenvalue weighted by atomic mass is 19.1. The lowest BCUT2D eigenvalue weighted by atomic mass is 9.73. The third-order valence-corrected chi connectivity index (χ3v) is 11.0. The number of aryl methyl sites for hydroxylation is 2. The number of rotatable bonds is 6. The van der Waals surface area contributed by atoms with Gasteiger partial charge in [0.1, 0.15) is 17.4 Å². The van der Waals surface area contributed by atoms with Crippen molar-refractivity contribution < 1.29 is 27.9 Å². The molecular formula is C42H38FN5O5. The third-order valence-electron chi connectivity index (χ3n) is 11.0. The molecule has 2 N–H and O–H groups in total. The summed E-state index contributed by atoms with van der Waals surface area (Å²) >= 11 is 0. The molecule has 3 aromatic carbocycles. The molecule has 4 aliphatic rings. The van der Waals surface area contributed by atoms with Crippen LogP contribution in [0.3, 0.4) is 0 Å². The minimum Gasteiger partial charge on any atom is -0.451 e. The van der Waals surface area contributed by atoms with Gasteiger partial charge in [0.05, 0.1) is 16.9 Å². The Hall–Kier alpha value is -5.81. The number of ether oxygens (including phenoxy) is 1. The fraction of sp³-hybridized carbons (Fsp3) is 0.286. The number of pyridine rings is 1. The molecule has 2 aromatic heterocycles. The van der Waals surface area contributed by atoms with E-state index in [1.54, 1.807) is 47.4 Å². The van der Waals surface area contributed by atoms with Crippen LogP contribution < -0.4 is 20.4 Å². The van der Waals surface area contributed by atoms with Crippen LogP contribution in [0.4, 0.5) is 27.3 Å². The first-order chi connectivity index (χ1) is 25.8. The molecule has 10 nitrogen and oxygen atoms in total. The number of anilines is 4. The largest absolute Gasteiger partial charge is 0.451 e. The summed E-state index contributed by atoms with van der Waals surface area (Å²) in [5, 5.41) is 5.64. The van der Waals surface area contributed by atoms with Gasteiger partial charge in [0, 0.05) is 66.3 Å². The Morgan fingerprint density at radius 3 is 2.40 bits per heavy atom. The second-order valence-corrected chi connectivity index (χ2v) is 14.4. The zero-order chi connectivity index (χ0) is 36.1. The lowest BCUT2D eigenvalue weighted by molar-refractivity contribution is -0.000521. The number of fused-ring (bicyclic) bond motifs is 4. The van der Waals surface area contributed by atoms with Gasteiger partial charge < -0.3 is 29.6 Å². The van der Waals surface area contributed by atoms with E-state index in [1.807, 2.05) is 30.3 Å². The molecule has 1 spiro atoms. The summed E-state index contributed by atoms with van der Waals surface area (Å²) in [6, 6.07) is 24.0. The Morgan fingerprint density at radius 2 is 1.58 bits per heavy atom. The van der Waals surface area contributed by atoms with Crippen molar-refractivity contribution in [3.63, 3.8) is 0 Å². The van der Waals surface area contributed by atoms with E-state index in [1.165, 1.54) is 12.1 Å². The summed E-state index contributed by atoms with van der Waals surface area (Å²) in [5.74, 6) is -0.220. The highest BCUT2D eigenvalue weighted by molar-refractivity contribution is 6.10. The zero-order valence-electron chi connectivity index (χ0n) is 29.1. The van der Waals surface area contributed by atoms with Crippen LogP contribution >= 0.6 is 0 Å². The lowest BCUT2D eigenvalue weighted by Crippen LogP contribution is -2.59. The standard InChI is InChI=1S/C42H38FN5O5/c43-32-8-2-3-9-34(32)46-40(50)36-23-28-16-19-48(35-11-4-1-7-30(35)37(28)53-36)41(51)26-12-14-29(15-13-26)44-39(49)31-22-27-6-5-10-33(27)45-38(31)47-24-42(25-47)17-20-52-21-18-42/h1-4,7-9,11-15,22-23H,5-6,10,16-21,24-25H2,(H,44,49)(H,46,50). The summed E-state index contributed by atoms with van der Waals surface area (Å²) in [5.41, 5.74) is 6.25. The fourth-order valence-electron chi connectivity index (χ4n) is 8.12. The van der Waals surface area contributed by atoms with Gasteiger partial charge in [0.2, 0.25) is 0 Å². The van der Waals surface area contributed by atoms with Gasteiger partial charge in [-0.3, -0.25) is 14.4 Å². The predicted octanol–water partition coefficient (Wildman–Crippen LogP) is 7.29. The first-order valence-corrected chi connectivity index (χ1v) is 18.2. The minimum absolute atomic E-state index is 0.0568. The molecule has 0 atom stereocenters. The van der Waals surface area contributed by atoms with Crippen LogP contribution in [0, 0.1) is 11.2 Å². The van der Waals surface area contributed by atoms with Crippen LogP contribution in [0.25, 0.3) is 11.3 Å². The molecule has 11 heteroatoms. The minimum atomic E-state index is -0.562. The number of carbonyl (C=O) groups excluding carboxylic acids is 3. The lowest BCUT2D eigenvalue weighted by Gasteiger charge is -2.53. The van der Waals surface area contributed by atoms with Crippen molar-refractivity contribution >= 4 is 40.6 Å². The average molecular weight is 712 g/mol. The van der Waals surface area contributed by atoms with E-state index in [4.69, 9.17) is 14.1 Å². The number of furan rings is 1. The maximum atomic E-state index is 14.2. The van der Waals surface area contributed by atoms with Crippen LogP contribution in [0.2, 0.25) is 0 Å². The summed E-state index contributed by atoms with van der Waals surface area (Å²) in [6.07, 6.45) is 5.41. The van der Waals surface area contributed by atoms with Crippen LogP contribution in [0.1, 0.15) is 67.4 Å². The Kier molecular flexibility index (Phi) is 8.30. The number of nitrogens with zero attached hydrogens (tertiary/aromatic N) is 3. The fourth-order valence-corrected chi connectivity index (χ4v) is 8.12. The van der Waals surface area contributed by atoms with Gasteiger partial charge in [-0.25, -0.2) is 9.37 Å². The monoisotopic (exact) mass is 711 g/mol. The summed E-state index contributed by atoms with van der Waals surface area (Å²) in [7, 11) is 0. The number of carbonyl (C=O) groups is 3. The maximum Gasteiger partial charge on any atom is 0.291 e. The van der Waals surface area contributed by atoms with E-state index >= 15 is 0 Å². The van der Waals surface area contributed by atoms with Gasteiger partial charge in [-0.1, -0.05) is 24.3 Å². The molecule has 2 saturated heterocycles. The molecule has 3 aliphatic heterocycles. The average Bonchev–Trinajstić information content (AvgIpc) is 3.79. The molecule has 1 aliphatic carbocycles. The Morgan fingerprint density at radius 1 is 0.811 bits per heavy atom. The number of halogens is 1. The van der Waals surface area contributed by atoms with E-state index < -0.39 is 11.7 Å². The number of nitrogens with one attached hydrogen (secondary N) is 2. The van der Waals surface area contributed by atoms with Crippen molar-refractivity contribution in [1.82, 2.24) is 4.98 Å². The van der Waals surface area contributed by atoms with E-state index in [2.05, 4.69) is 15.5 Å². The number of benzene rings is 3. The highest BCUT2D eigenvalue weighted by Gasteiger charge is 2.45. The first kappa shape index (κ1) is 33.1. The van der Waals surface area contributed by atoms with Crippen LogP contribution in [0.5, 0.6) is 0 Å². The van der Waals surface area contributed by atoms with Gasteiger partial charge in [0.15, 0.2) is 5.76 Å². The summed E-state index contributed by atoms with van der Waals surface area (Å²) in [6.45, 7) is 3.67. The zero-order valence-corrected chi connectivity index (χ0v) is 29.1. The van der Waals surface area contributed by atoms with Crippen molar-refractivity contribution in [2.75, 3.05) is 53.3 Å². The highest BCUT2D eigenvalue weighted by Crippen LogP contribution is 2.43. The van der Waals surface area contributed by atoms with Crippen molar-refractivity contribution in [3.8, 4) is 11.3 Å². The van der Waals surface area contributed by atoms with Crippen molar-refractivity contribution in [2.24, 2.45) is 5.41 Å². The van der Waals surface area contributed by atoms with Gasteiger partial charge in [-0.2, -0.15) is 0 Å². The molecular weight excluding hydrogens is 673 g/mol. The number of aromatic nitrogens is 1. The number of amides is 3. The molecule has 0 unspecified atom stereocenters. The summed E-state index contributed by atoms with van der Waals surface area (Å²) in [4.78, 5) is 49.8. The Balaban J connectivity index is 0.916. The Labute approximate surface area is 306 Å². The molecule has 2 fully saturated rings. The Bertz CT molecular complexity index is 2250. The second kappa shape index (κ2) is 13.3. The van der Waals surface area contributed by atoms with Crippen LogP contribution in [0.15, 0.2) is 89.3 Å². The van der Waals surface area contributed by atoms with Crippen molar-refractivity contribution in [3.05, 3.63) is 124 Å². The van der Waals surface area contributed by atoms with E-state index in [9.17, 15) is 18.8 Å².